The predicted octanol–water partition coefficient (Wildman–Crippen LogP) is 1.97. The Kier molecular flexibility index (Phi) is 3.84. The maximum Gasteiger partial charge on any atom is 0.124 e. The molecule has 0 bridgehead atoms. The molecule has 0 fully saturated rings. The molecule has 1 rings (SSSR count). The second kappa shape index (κ2) is 4.69. The molecule has 13 heavy (non-hydrogen) atoms. The zero-order chi connectivity index (χ0) is 9.84. The molecule has 0 aliphatic rings. The summed E-state index contributed by atoms with van der Waals surface area (Å²) in [6.07, 6.45) is 0.476. The van der Waals surface area contributed by atoms with E-state index in [2.05, 4.69) is 15.9 Å². The summed E-state index contributed by atoms with van der Waals surface area (Å²) in [5, 5.41) is 8.67. The molecule has 0 aromatic heterocycles. The van der Waals surface area contributed by atoms with E-state index in [1.807, 2.05) is 0 Å². The highest BCUT2D eigenvalue weighted by molar-refractivity contribution is 9.10. The topological polar surface area (TPSA) is 46.2 Å². The molecule has 0 spiro atoms. The van der Waals surface area contributed by atoms with Crippen molar-refractivity contribution in [3.8, 4) is 0 Å². The maximum atomic E-state index is 12.7. The van der Waals surface area contributed by atoms with Gasteiger partial charge in [-0.05, 0) is 24.1 Å². The lowest BCUT2D eigenvalue weighted by Gasteiger charge is -2.11. The van der Waals surface area contributed by atoms with Crippen LogP contribution in [-0.4, -0.2) is 11.7 Å². The van der Waals surface area contributed by atoms with E-state index in [9.17, 15) is 4.39 Å². The van der Waals surface area contributed by atoms with Crippen molar-refractivity contribution in [3.05, 3.63) is 34.1 Å². The molecule has 1 aromatic rings. The highest BCUT2D eigenvalue weighted by atomic mass is 79.9. The number of aliphatic hydroxyl groups is 1. The third kappa shape index (κ3) is 2.76. The van der Waals surface area contributed by atoms with E-state index in [1.54, 1.807) is 6.07 Å². The lowest BCUT2D eigenvalue weighted by Crippen LogP contribution is -2.12. The van der Waals surface area contributed by atoms with Crippen molar-refractivity contribution in [3.63, 3.8) is 0 Å². The normalized spacial score (nSPS) is 12.9. The SMILES string of the molecule is N[C@H](CCO)c1ccc(F)cc1Br. The summed E-state index contributed by atoms with van der Waals surface area (Å²) in [4.78, 5) is 0. The van der Waals surface area contributed by atoms with Gasteiger partial charge in [-0.3, -0.25) is 0 Å². The molecule has 0 amide bonds. The second-order valence-electron chi connectivity index (χ2n) is 2.78. The van der Waals surface area contributed by atoms with Gasteiger partial charge in [-0.2, -0.15) is 0 Å². The standard InChI is InChI=1S/C9H11BrFNO/c10-8-5-6(11)1-2-7(8)9(12)3-4-13/h1-2,5,9,13H,3-4,12H2/t9-/m1/s1. The number of nitrogens with two attached hydrogens (primary N) is 1. The Bertz CT molecular complexity index is 293. The molecule has 0 radical (unpaired) electrons. The summed E-state index contributed by atoms with van der Waals surface area (Å²) in [5.74, 6) is -0.299. The summed E-state index contributed by atoms with van der Waals surface area (Å²) < 4.78 is 13.3. The van der Waals surface area contributed by atoms with Gasteiger partial charge in [0, 0.05) is 17.1 Å². The Morgan fingerprint density at radius 2 is 2.23 bits per heavy atom. The van der Waals surface area contributed by atoms with Crippen LogP contribution >= 0.6 is 15.9 Å². The van der Waals surface area contributed by atoms with Crippen LogP contribution in [0.4, 0.5) is 4.39 Å². The Labute approximate surface area is 84.7 Å². The van der Waals surface area contributed by atoms with Gasteiger partial charge in [-0.25, -0.2) is 4.39 Å². The molecule has 3 N–H and O–H groups in total. The molecular formula is C9H11BrFNO. The summed E-state index contributed by atoms with van der Waals surface area (Å²) in [6.45, 7) is 0.0327. The Morgan fingerprint density at radius 1 is 1.54 bits per heavy atom. The van der Waals surface area contributed by atoms with Gasteiger partial charge in [0.15, 0.2) is 0 Å². The molecule has 0 aliphatic carbocycles. The number of hydrogen-bond donors (Lipinski definition) is 2. The zero-order valence-electron chi connectivity index (χ0n) is 7.00. The minimum Gasteiger partial charge on any atom is -0.396 e. The first-order valence-electron chi connectivity index (χ1n) is 3.96. The van der Waals surface area contributed by atoms with Crippen LogP contribution in [0.3, 0.4) is 0 Å². The molecule has 0 aliphatic heterocycles. The Hall–Kier alpha value is -0.450. The van der Waals surface area contributed by atoms with Crippen LogP contribution in [0.1, 0.15) is 18.0 Å². The first kappa shape index (κ1) is 10.6. The molecule has 72 valence electrons. The average Bonchev–Trinajstić information content (AvgIpc) is 2.04. The van der Waals surface area contributed by atoms with E-state index in [0.717, 1.165) is 5.56 Å². The molecule has 4 heteroatoms. The van der Waals surface area contributed by atoms with Crippen LogP contribution in [0.5, 0.6) is 0 Å². The summed E-state index contributed by atoms with van der Waals surface area (Å²) in [6, 6.07) is 4.10. The summed E-state index contributed by atoms with van der Waals surface area (Å²) >= 11 is 3.22. The van der Waals surface area contributed by atoms with Gasteiger partial charge in [-0.15, -0.1) is 0 Å². The lowest BCUT2D eigenvalue weighted by atomic mass is 10.1. The number of rotatable bonds is 3. The fourth-order valence-corrected chi connectivity index (χ4v) is 1.74. The molecule has 0 heterocycles. The van der Waals surface area contributed by atoms with Gasteiger partial charge in [0.2, 0.25) is 0 Å². The largest absolute Gasteiger partial charge is 0.396 e. The van der Waals surface area contributed by atoms with Crippen LogP contribution in [-0.2, 0) is 0 Å². The fourth-order valence-electron chi connectivity index (χ4n) is 1.10. The van der Waals surface area contributed by atoms with E-state index in [0.29, 0.717) is 10.9 Å². The van der Waals surface area contributed by atoms with Crippen LogP contribution < -0.4 is 5.73 Å². The van der Waals surface area contributed by atoms with Crippen molar-refractivity contribution in [1.29, 1.82) is 0 Å². The number of aliphatic hydroxyl groups excluding tert-OH is 1. The van der Waals surface area contributed by atoms with Crippen molar-refractivity contribution in [2.24, 2.45) is 5.73 Å². The molecule has 2 nitrogen and oxygen atoms in total. The minimum atomic E-state index is -0.299. The van der Waals surface area contributed by atoms with E-state index >= 15 is 0 Å². The maximum absolute atomic E-state index is 12.7. The number of hydrogen-bond acceptors (Lipinski definition) is 2. The monoisotopic (exact) mass is 247 g/mol. The van der Waals surface area contributed by atoms with Crippen molar-refractivity contribution in [2.45, 2.75) is 12.5 Å². The van der Waals surface area contributed by atoms with Crippen molar-refractivity contribution in [1.82, 2.24) is 0 Å². The molecular weight excluding hydrogens is 237 g/mol. The minimum absolute atomic E-state index is 0.0327. The summed E-state index contributed by atoms with van der Waals surface area (Å²) in [7, 11) is 0. The third-order valence-corrected chi connectivity index (χ3v) is 2.49. The van der Waals surface area contributed by atoms with Crippen LogP contribution in [0.2, 0.25) is 0 Å². The molecule has 1 aromatic carbocycles. The average molecular weight is 248 g/mol. The molecule has 0 saturated heterocycles. The van der Waals surface area contributed by atoms with Crippen LogP contribution in [0, 0.1) is 5.82 Å². The Morgan fingerprint density at radius 3 is 2.77 bits per heavy atom. The van der Waals surface area contributed by atoms with Crippen LogP contribution in [0.15, 0.2) is 22.7 Å². The van der Waals surface area contributed by atoms with Gasteiger partial charge >= 0.3 is 0 Å². The van der Waals surface area contributed by atoms with E-state index < -0.39 is 0 Å². The molecule has 0 unspecified atom stereocenters. The van der Waals surface area contributed by atoms with Crippen LogP contribution in [0.25, 0.3) is 0 Å². The zero-order valence-corrected chi connectivity index (χ0v) is 8.59. The van der Waals surface area contributed by atoms with E-state index in [1.165, 1.54) is 12.1 Å². The highest BCUT2D eigenvalue weighted by Gasteiger charge is 2.09. The second-order valence-corrected chi connectivity index (χ2v) is 3.64. The molecule has 0 saturated carbocycles. The first-order valence-corrected chi connectivity index (χ1v) is 4.76. The van der Waals surface area contributed by atoms with Gasteiger partial charge in [-0.1, -0.05) is 22.0 Å². The van der Waals surface area contributed by atoms with Gasteiger partial charge < -0.3 is 10.8 Å². The first-order chi connectivity index (χ1) is 6.15. The quantitative estimate of drug-likeness (QED) is 0.858. The van der Waals surface area contributed by atoms with Gasteiger partial charge in [0.05, 0.1) is 0 Å². The summed E-state index contributed by atoms with van der Waals surface area (Å²) in [5.41, 5.74) is 6.56. The van der Waals surface area contributed by atoms with E-state index in [4.69, 9.17) is 10.8 Å². The fraction of sp³-hybridized carbons (Fsp3) is 0.333. The van der Waals surface area contributed by atoms with E-state index in [-0.39, 0.29) is 18.5 Å². The lowest BCUT2D eigenvalue weighted by molar-refractivity contribution is 0.276. The third-order valence-electron chi connectivity index (χ3n) is 1.80. The van der Waals surface area contributed by atoms with Crippen molar-refractivity contribution in [2.75, 3.05) is 6.61 Å². The predicted molar refractivity (Wildman–Crippen MR) is 52.7 cm³/mol. The Balaban J connectivity index is 2.88. The highest BCUT2D eigenvalue weighted by Crippen LogP contribution is 2.24. The number of halogens is 2. The van der Waals surface area contributed by atoms with Crippen molar-refractivity contribution >= 4 is 15.9 Å². The van der Waals surface area contributed by atoms with Gasteiger partial charge in [0.1, 0.15) is 5.82 Å². The smallest absolute Gasteiger partial charge is 0.124 e. The number of benzene rings is 1. The molecule has 1 atom stereocenters. The van der Waals surface area contributed by atoms with Crippen molar-refractivity contribution < 1.29 is 9.50 Å². The van der Waals surface area contributed by atoms with Gasteiger partial charge in [0.25, 0.3) is 0 Å².